The SMILES string of the molecule is C[C@H]1C[C@H](O)[C@@H](CO[Si](C)(C)C(C)(C)C)O[C@H]1CO. The van der Waals surface area contributed by atoms with Crippen LogP contribution >= 0.6 is 0 Å². The fraction of sp³-hybridized carbons (Fsp3) is 1.00. The van der Waals surface area contributed by atoms with E-state index in [9.17, 15) is 10.2 Å². The lowest BCUT2D eigenvalue weighted by atomic mass is 9.92. The molecule has 1 saturated heterocycles. The first kappa shape index (κ1) is 17.1. The average molecular weight is 290 g/mol. The molecule has 0 amide bonds. The highest BCUT2D eigenvalue weighted by molar-refractivity contribution is 6.74. The molecule has 0 spiro atoms. The van der Waals surface area contributed by atoms with Crippen molar-refractivity contribution in [1.82, 2.24) is 0 Å². The monoisotopic (exact) mass is 290 g/mol. The van der Waals surface area contributed by atoms with E-state index in [0.29, 0.717) is 13.0 Å². The topological polar surface area (TPSA) is 58.9 Å². The molecule has 0 aliphatic carbocycles. The molecular weight excluding hydrogens is 260 g/mol. The third-order valence-electron chi connectivity index (χ3n) is 4.62. The van der Waals surface area contributed by atoms with Crippen LogP contribution in [0.4, 0.5) is 0 Å². The number of rotatable bonds is 4. The van der Waals surface area contributed by atoms with Gasteiger partial charge in [-0.05, 0) is 30.5 Å². The van der Waals surface area contributed by atoms with Gasteiger partial charge in [0.05, 0.1) is 25.4 Å². The summed E-state index contributed by atoms with van der Waals surface area (Å²) in [5.74, 6) is 0.184. The maximum atomic E-state index is 10.1. The van der Waals surface area contributed by atoms with Crippen LogP contribution in [0.3, 0.4) is 0 Å². The van der Waals surface area contributed by atoms with Crippen LogP contribution in [0.1, 0.15) is 34.1 Å². The van der Waals surface area contributed by atoms with Crippen LogP contribution in [-0.2, 0) is 9.16 Å². The zero-order valence-corrected chi connectivity index (χ0v) is 14.1. The van der Waals surface area contributed by atoms with Crippen LogP contribution in [0.15, 0.2) is 0 Å². The fourth-order valence-electron chi connectivity index (χ4n) is 2.01. The highest BCUT2D eigenvalue weighted by atomic mass is 28.4. The second-order valence-corrected chi connectivity index (χ2v) is 12.1. The number of aliphatic hydroxyl groups excluding tert-OH is 2. The summed E-state index contributed by atoms with van der Waals surface area (Å²) in [6, 6.07) is 0. The first-order chi connectivity index (χ1) is 8.58. The summed E-state index contributed by atoms with van der Waals surface area (Å²) in [4.78, 5) is 0. The number of hydrogen-bond donors (Lipinski definition) is 2. The molecule has 4 nitrogen and oxygen atoms in total. The smallest absolute Gasteiger partial charge is 0.192 e. The van der Waals surface area contributed by atoms with Gasteiger partial charge < -0.3 is 19.4 Å². The Bertz CT molecular complexity index is 288. The quantitative estimate of drug-likeness (QED) is 0.779. The van der Waals surface area contributed by atoms with E-state index < -0.39 is 14.4 Å². The van der Waals surface area contributed by atoms with Crippen LogP contribution in [0.5, 0.6) is 0 Å². The molecule has 0 aromatic carbocycles. The summed E-state index contributed by atoms with van der Waals surface area (Å²) >= 11 is 0. The van der Waals surface area contributed by atoms with Crippen molar-refractivity contribution in [3.05, 3.63) is 0 Å². The van der Waals surface area contributed by atoms with Gasteiger partial charge in [0.15, 0.2) is 8.32 Å². The molecular formula is C14H30O4Si. The van der Waals surface area contributed by atoms with E-state index in [-0.39, 0.29) is 29.8 Å². The van der Waals surface area contributed by atoms with E-state index in [0.717, 1.165) is 0 Å². The van der Waals surface area contributed by atoms with Crippen LogP contribution < -0.4 is 0 Å². The Labute approximate surface area is 118 Å². The summed E-state index contributed by atoms with van der Waals surface area (Å²) in [6.45, 7) is 13.4. The minimum absolute atomic E-state index is 0.00444. The zero-order chi connectivity index (χ0) is 14.8. The summed E-state index contributed by atoms with van der Waals surface area (Å²) in [5, 5.41) is 19.5. The van der Waals surface area contributed by atoms with Gasteiger partial charge in [-0.2, -0.15) is 0 Å². The molecule has 0 aromatic rings. The molecule has 19 heavy (non-hydrogen) atoms. The van der Waals surface area contributed by atoms with Crippen molar-refractivity contribution in [3.8, 4) is 0 Å². The number of ether oxygens (including phenoxy) is 1. The van der Waals surface area contributed by atoms with E-state index in [1.54, 1.807) is 0 Å². The molecule has 1 heterocycles. The normalized spacial score (nSPS) is 33.5. The Balaban J connectivity index is 2.57. The lowest BCUT2D eigenvalue weighted by Gasteiger charge is -2.41. The van der Waals surface area contributed by atoms with Crippen molar-refractivity contribution in [2.45, 2.75) is 70.6 Å². The molecule has 1 aliphatic rings. The van der Waals surface area contributed by atoms with Crippen molar-refractivity contribution in [3.63, 3.8) is 0 Å². The molecule has 0 radical (unpaired) electrons. The molecule has 1 fully saturated rings. The molecule has 0 aromatic heterocycles. The summed E-state index contributed by atoms with van der Waals surface area (Å²) in [6.07, 6.45) is -0.335. The van der Waals surface area contributed by atoms with E-state index in [1.165, 1.54) is 0 Å². The average Bonchev–Trinajstić information content (AvgIpc) is 2.26. The van der Waals surface area contributed by atoms with Gasteiger partial charge in [0.2, 0.25) is 0 Å². The van der Waals surface area contributed by atoms with Crippen molar-refractivity contribution in [2.24, 2.45) is 5.92 Å². The Hall–Kier alpha value is 0.0569. The van der Waals surface area contributed by atoms with Crippen LogP contribution in [0.2, 0.25) is 18.1 Å². The van der Waals surface area contributed by atoms with Crippen LogP contribution in [0, 0.1) is 5.92 Å². The van der Waals surface area contributed by atoms with E-state index in [2.05, 4.69) is 33.9 Å². The lowest BCUT2D eigenvalue weighted by Crippen LogP contribution is -2.50. The van der Waals surface area contributed by atoms with Gasteiger partial charge in [-0.3, -0.25) is 0 Å². The lowest BCUT2D eigenvalue weighted by molar-refractivity contribution is -0.164. The van der Waals surface area contributed by atoms with Crippen molar-refractivity contribution < 1.29 is 19.4 Å². The molecule has 2 N–H and O–H groups in total. The first-order valence-electron chi connectivity index (χ1n) is 7.17. The van der Waals surface area contributed by atoms with E-state index in [1.807, 2.05) is 6.92 Å². The predicted molar refractivity (Wildman–Crippen MR) is 78.7 cm³/mol. The minimum atomic E-state index is -1.82. The molecule has 0 unspecified atom stereocenters. The molecule has 4 atom stereocenters. The maximum Gasteiger partial charge on any atom is 0.192 e. The molecule has 0 saturated carbocycles. The molecule has 5 heteroatoms. The van der Waals surface area contributed by atoms with Gasteiger partial charge in [0, 0.05) is 0 Å². The molecule has 0 bridgehead atoms. The highest BCUT2D eigenvalue weighted by Gasteiger charge is 2.40. The first-order valence-corrected chi connectivity index (χ1v) is 10.1. The second-order valence-electron chi connectivity index (χ2n) is 7.25. The number of hydrogen-bond acceptors (Lipinski definition) is 4. The van der Waals surface area contributed by atoms with Crippen LogP contribution in [0.25, 0.3) is 0 Å². The van der Waals surface area contributed by atoms with Crippen molar-refractivity contribution in [2.75, 3.05) is 13.2 Å². The van der Waals surface area contributed by atoms with Crippen molar-refractivity contribution >= 4 is 8.32 Å². The standard InChI is InChI=1S/C14H30O4Si/c1-10-7-11(16)13(18-12(10)8-15)9-17-19(5,6)14(2,3)4/h10-13,15-16H,7-9H2,1-6H3/t10-,11-,12-,13+/m0/s1. The van der Waals surface area contributed by atoms with Crippen LogP contribution in [-0.4, -0.2) is 50.1 Å². The Morgan fingerprint density at radius 2 is 1.84 bits per heavy atom. The minimum Gasteiger partial charge on any atom is -0.414 e. The van der Waals surface area contributed by atoms with Gasteiger partial charge in [-0.25, -0.2) is 0 Å². The van der Waals surface area contributed by atoms with E-state index >= 15 is 0 Å². The summed E-state index contributed by atoms with van der Waals surface area (Å²) < 4.78 is 11.9. The summed E-state index contributed by atoms with van der Waals surface area (Å²) in [7, 11) is -1.82. The largest absolute Gasteiger partial charge is 0.414 e. The molecule has 1 rings (SSSR count). The third-order valence-corrected chi connectivity index (χ3v) is 9.12. The Morgan fingerprint density at radius 1 is 1.26 bits per heavy atom. The number of aliphatic hydroxyl groups is 2. The fourth-order valence-corrected chi connectivity index (χ4v) is 3.03. The van der Waals surface area contributed by atoms with Gasteiger partial charge in [-0.15, -0.1) is 0 Å². The third kappa shape index (κ3) is 4.26. The van der Waals surface area contributed by atoms with Gasteiger partial charge in [-0.1, -0.05) is 27.7 Å². The molecule has 114 valence electrons. The zero-order valence-electron chi connectivity index (χ0n) is 13.1. The van der Waals surface area contributed by atoms with Crippen molar-refractivity contribution in [1.29, 1.82) is 0 Å². The maximum absolute atomic E-state index is 10.1. The Kier molecular flexibility index (Phi) is 5.60. The van der Waals surface area contributed by atoms with Gasteiger partial charge in [0.1, 0.15) is 6.10 Å². The second kappa shape index (κ2) is 6.22. The predicted octanol–water partition coefficient (Wildman–Crippen LogP) is 2.16. The molecule has 1 aliphatic heterocycles. The summed E-state index contributed by atoms with van der Waals surface area (Å²) in [5.41, 5.74) is 0. The highest BCUT2D eigenvalue weighted by Crippen LogP contribution is 2.37. The van der Waals surface area contributed by atoms with Gasteiger partial charge >= 0.3 is 0 Å². The van der Waals surface area contributed by atoms with E-state index in [4.69, 9.17) is 9.16 Å². The Morgan fingerprint density at radius 3 is 2.32 bits per heavy atom. The van der Waals surface area contributed by atoms with Gasteiger partial charge in [0.25, 0.3) is 0 Å².